The summed E-state index contributed by atoms with van der Waals surface area (Å²) in [5.41, 5.74) is 2.45. The van der Waals surface area contributed by atoms with Gasteiger partial charge in [0.15, 0.2) is 6.61 Å². The number of hydrogen-bond acceptors (Lipinski definition) is 4. The van der Waals surface area contributed by atoms with Crippen molar-refractivity contribution < 1.29 is 19.1 Å². The van der Waals surface area contributed by atoms with Gasteiger partial charge in [0.25, 0.3) is 5.91 Å². The molecular formula is C22H27NO4. The van der Waals surface area contributed by atoms with Crippen molar-refractivity contribution in [2.75, 3.05) is 19.0 Å². The van der Waals surface area contributed by atoms with Gasteiger partial charge in [0.1, 0.15) is 5.75 Å². The van der Waals surface area contributed by atoms with Crippen LogP contribution >= 0.6 is 0 Å². The predicted molar refractivity (Wildman–Crippen MR) is 106 cm³/mol. The van der Waals surface area contributed by atoms with Crippen molar-refractivity contribution >= 4 is 17.6 Å². The van der Waals surface area contributed by atoms with Crippen LogP contribution in [-0.2, 0) is 14.3 Å². The number of benzene rings is 2. The molecule has 0 bridgehead atoms. The Morgan fingerprint density at radius 1 is 1.11 bits per heavy atom. The average molecular weight is 369 g/mol. The maximum atomic E-state index is 12.7. The molecule has 0 saturated heterocycles. The van der Waals surface area contributed by atoms with Gasteiger partial charge in [0.2, 0.25) is 0 Å². The highest BCUT2D eigenvalue weighted by Gasteiger charge is 2.27. The van der Waals surface area contributed by atoms with Gasteiger partial charge in [-0.25, -0.2) is 0 Å². The van der Waals surface area contributed by atoms with Gasteiger partial charge in [-0.05, 0) is 36.1 Å². The fraction of sp³-hybridized carbons (Fsp3) is 0.364. The third-order valence-corrected chi connectivity index (χ3v) is 4.60. The Hall–Kier alpha value is -2.82. The van der Waals surface area contributed by atoms with Gasteiger partial charge in [-0.2, -0.15) is 0 Å². The molecule has 2 rings (SSSR count). The number of carbonyl (C=O) groups is 2. The lowest BCUT2D eigenvalue weighted by atomic mass is 9.86. The van der Waals surface area contributed by atoms with Gasteiger partial charge in [-0.1, -0.05) is 56.7 Å². The molecule has 5 heteroatoms. The van der Waals surface area contributed by atoms with Crippen molar-refractivity contribution in [3.63, 3.8) is 0 Å². The lowest BCUT2D eigenvalue weighted by Crippen LogP contribution is -2.27. The smallest absolute Gasteiger partial charge is 0.314 e. The van der Waals surface area contributed by atoms with Crippen LogP contribution in [-0.4, -0.2) is 25.6 Å². The molecule has 0 radical (unpaired) electrons. The predicted octanol–water partition coefficient (Wildman–Crippen LogP) is 4.32. The molecule has 144 valence electrons. The first kappa shape index (κ1) is 20.5. The lowest BCUT2D eigenvalue weighted by molar-refractivity contribution is -0.150. The minimum atomic E-state index is -0.400. The largest absolute Gasteiger partial charge is 0.495 e. The zero-order valence-corrected chi connectivity index (χ0v) is 16.3. The monoisotopic (exact) mass is 369 g/mol. The van der Waals surface area contributed by atoms with Crippen molar-refractivity contribution in [3.8, 4) is 5.75 Å². The molecule has 1 N–H and O–H groups in total. The van der Waals surface area contributed by atoms with Gasteiger partial charge < -0.3 is 14.8 Å². The van der Waals surface area contributed by atoms with Gasteiger partial charge in [0.05, 0.1) is 18.7 Å². The average Bonchev–Trinajstić information content (AvgIpc) is 2.67. The fourth-order valence-corrected chi connectivity index (χ4v) is 2.93. The summed E-state index contributed by atoms with van der Waals surface area (Å²) < 4.78 is 10.6. The van der Waals surface area contributed by atoms with Crippen LogP contribution in [0.2, 0.25) is 0 Å². The van der Waals surface area contributed by atoms with E-state index in [1.807, 2.05) is 63.2 Å². The quantitative estimate of drug-likeness (QED) is 0.704. The van der Waals surface area contributed by atoms with Crippen LogP contribution < -0.4 is 10.1 Å². The summed E-state index contributed by atoms with van der Waals surface area (Å²) in [6, 6.07) is 15.0. The van der Waals surface area contributed by atoms with Crippen LogP contribution in [0.15, 0.2) is 48.5 Å². The fourth-order valence-electron chi connectivity index (χ4n) is 2.93. The van der Waals surface area contributed by atoms with Gasteiger partial charge in [0, 0.05) is 0 Å². The Morgan fingerprint density at radius 3 is 2.44 bits per heavy atom. The molecule has 0 aliphatic carbocycles. The van der Waals surface area contributed by atoms with E-state index in [1.165, 1.54) is 7.11 Å². The van der Waals surface area contributed by atoms with Crippen LogP contribution in [0.3, 0.4) is 0 Å². The molecule has 0 aliphatic rings. The summed E-state index contributed by atoms with van der Waals surface area (Å²) in [5, 5.41) is 2.74. The summed E-state index contributed by atoms with van der Waals surface area (Å²) >= 11 is 0. The Kier molecular flexibility index (Phi) is 7.41. The Labute approximate surface area is 160 Å². The Balaban J connectivity index is 2.02. The molecule has 0 aliphatic heterocycles. The minimum Gasteiger partial charge on any atom is -0.495 e. The standard InChI is InChI=1S/C22H27NO4/c1-5-16(3)21(17-9-7-6-8-10-17)22(25)27-14-20(24)23-18-13-15(2)11-12-19(18)26-4/h6-13,16,21H,5,14H2,1-4H3,(H,23,24). The minimum absolute atomic E-state index is 0.111. The molecular weight excluding hydrogens is 342 g/mol. The molecule has 5 nitrogen and oxygen atoms in total. The van der Waals surface area contributed by atoms with Crippen LogP contribution in [0.5, 0.6) is 5.75 Å². The zero-order chi connectivity index (χ0) is 19.8. The number of rotatable bonds is 8. The summed E-state index contributed by atoms with van der Waals surface area (Å²) in [6.45, 7) is 5.63. The van der Waals surface area contributed by atoms with Crippen LogP contribution in [0.1, 0.15) is 37.3 Å². The number of anilines is 1. The number of hydrogen-bond donors (Lipinski definition) is 1. The molecule has 2 unspecified atom stereocenters. The van der Waals surface area contributed by atoms with E-state index < -0.39 is 11.8 Å². The Bertz CT molecular complexity index is 773. The van der Waals surface area contributed by atoms with Crippen molar-refractivity contribution in [2.45, 2.75) is 33.1 Å². The number of esters is 1. The Morgan fingerprint density at radius 2 is 1.81 bits per heavy atom. The highest BCUT2D eigenvalue weighted by Crippen LogP contribution is 2.28. The molecule has 0 aromatic heterocycles. The number of ether oxygens (including phenoxy) is 2. The maximum Gasteiger partial charge on any atom is 0.314 e. The number of carbonyl (C=O) groups excluding carboxylic acids is 2. The molecule has 0 spiro atoms. The molecule has 0 fully saturated rings. The number of methoxy groups -OCH3 is 1. The van der Waals surface area contributed by atoms with E-state index in [4.69, 9.17) is 9.47 Å². The summed E-state index contributed by atoms with van der Waals surface area (Å²) in [4.78, 5) is 24.9. The van der Waals surface area contributed by atoms with E-state index in [2.05, 4.69) is 5.32 Å². The van der Waals surface area contributed by atoms with Crippen molar-refractivity contribution in [1.82, 2.24) is 0 Å². The van der Waals surface area contributed by atoms with E-state index in [9.17, 15) is 9.59 Å². The normalized spacial score (nSPS) is 12.7. The van der Waals surface area contributed by atoms with Crippen molar-refractivity contribution in [2.24, 2.45) is 5.92 Å². The third kappa shape index (κ3) is 5.58. The lowest BCUT2D eigenvalue weighted by Gasteiger charge is -2.21. The van der Waals surface area contributed by atoms with Gasteiger partial charge in [-0.3, -0.25) is 9.59 Å². The number of amides is 1. The van der Waals surface area contributed by atoms with E-state index in [1.54, 1.807) is 6.07 Å². The SMILES string of the molecule is CCC(C)C(C(=O)OCC(=O)Nc1cc(C)ccc1OC)c1ccccc1. The van der Waals surface area contributed by atoms with Crippen molar-refractivity contribution in [3.05, 3.63) is 59.7 Å². The van der Waals surface area contributed by atoms with Gasteiger partial charge >= 0.3 is 5.97 Å². The first-order chi connectivity index (χ1) is 13.0. The zero-order valence-electron chi connectivity index (χ0n) is 16.3. The van der Waals surface area contributed by atoms with Crippen molar-refractivity contribution in [1.29, 1.82) is 0 Å². The molecule has 1 amide bonds. The van der Waals surface area contributed by atoms with Gasteiger partial charge in [-0.15, -0.1) is 0 Å². The van der Waals surface area contributed by atoms with E-state index >= 15 is 0 Å². The van der Waals surface area contributed by atoms with Crippen LogP contribution in [0.4, 0.5) is 5.69 Å². The third-order valence-electron chi connectivity index (χ3n) is 4.60. The molecule has 0 saturated carbocycles. The molecule has 2 aromatic rings. The molecule has 2 aromatic carbocycles. The molecule has 0 heterocycles. The van der Waals surface area contributed by atoms with Crippen LogP contribution in [0, 0.1) is 12.8 Å². The summed E-state index contributed by atoms with van der Waals surface area (Å²) in [6.07, 6.45) is 0.835. The second-order valence-corrected chi connectivity index (χ2v) is 6.63. The second kappa shape index (κ2) is 9.76. The van der Waals surface area contributed by atoms with E-state index in [0.29, 0.717) is 11.4 Å². The highest BCUT2D eigenvalue weighted by molar-refractivity contribution is 5.94. The highest BCUT2D eigenvalue weighted by atomic mass is 16.5. The molecule has 27 heavy (non-hydrogen) atoms. The first-order valence-electron chi connectivity index (χ1n) is 9.12. The maximum absolute atomic E-state index is 12.7. The van der Waals surface area contributed by atoms with Crippen LogP contribution in [0.25, 0.3) is 0 Å². The number of aryl methyl sites for hydroxylation is 1. The topological polar surface area (TPSA) is 64.6 Å². The molecule has 2 atom stereocenters. The summed E-state index contributed by atoms with van der Waals surface area (Å²) in [7, 11) is 1.54. The van der Waals surface area contributed by atoms with E-state index in [0.717, 1.165) is 17.5 Å². The first-order valence-corrected chi connectivity index (χ1v) is 9.12. The second-order valence-electron chi connectivity index (χ2n) is 6.63. The number of nitrogens with one attached hydrogen (secondary N) is 1. The van der Waals surface area contributed by atoms with E-state index in [-0.39, 0.29) is 18.5 Å². The summed E-state index contributed by atoms with van der Waals surface area (Å²) in [5.74, 6) is -0.510.